The molecule has 2 aromatic rings. The quantitative estimate of drug-likeness (QED) is 0.894. The van der Waals surface area contributed by atoms with Crippen LogP contribution in [-0.2, 0) is 11.3 Å². The molecule has 0 amide bonds. The fourth-order valence-corrected chi connectivity index (χ4v) is 2.17. The van der Waals surface area contributed by atoms with Crippen molar-refractivity contribution >= 4 is 5.69 Å². The average Bonchev–Trinajstić information content (AvgIpc) is 3.05. The maximum absolute atomic E-state index is 5.35. The summed E-state index contributed by atoms with van der Waals surface area (Å²) >= 11 is 0. The van der Waals surface area contributed by atoms with Gasteiger partial charge in [-0.15, -0.1) is 0 Å². The lowest BCUT2D eigenvalue weighted by Gasteiger charge is -2.12. The Hall–Kier alpha value is -1.81. The molecule has 0 radical (unpaired) electrons. The predicted molar refractivity (Wildman–Crippen MR) is 70.6 cm³/mol. The highest BCUT2D eigenvalue weighted by Gasteiger charge is 2.14. The van der Waals surface area contributed by atoms with E-state index in [2.05, 4.69) is 34.7 Å². The first-order valence-corrected chi connectivity index (χ1v) is 6.31. The van der Waals surface area contributed by atoms with Crippen molar-refractivity contribution in [3.8, 4) is 0 Å². The molecule has 1 aromatic carbocycles. The molecular formula is C14H17N3O. The second-order valence-corrected chi connectivity index (χ2v) is 4.61. The van der Waals surface area contributed by atoms with Crippen LogP contribution in [0.15, 0.2) is 42.7 Å². The summed E-state index contributed by atoms with van der Waals surface area (Å²) in [5.74, 6) is 0. The van der Waals surface area contributed by atoms with Gasteiger partial charge >= 0.3 is 0 Å². The predicted octanol–water partition coefficient (Wildman–Crippen LogP) is 2.13. The van der Waals surface area contributed by atoms with Crippen LogP contribution in [-0.4, -0.2) is 29.0 Å². The Morgan fingerprint density at radius 3 is 2.89 bits per heavy atom. The van der Waals surface area contributed by atoms with E-state index in [-0.39, 0.29) is 0 Å². The highest BCUT2D eigenvalue weighted by molar-refractivity contribution is 5.45. The van der Waals surface area contributed by atoms with Crippen molar-refractivity contribution < 1.29 is 4.74 Å². The van der Waals surface area contributed by atoms with Gasteiger partial charge in [0.15, 0.2) is 0 Å². The molecule has 3 rings (SSSR count). The van der Waals surface area contributed by atoms with Gasteiger partial charge in [-0.1, -0.05) is 12.1 Å². The minimum absolute atomic E-state index is 0.460. The van der Waals surface area contributed by atoms with E-state index in [0.29, 0.717) is 6.04 Å². The number of ether oxygens (including phenoxy) is 1. The molecule has 1 atom stereocenters. The minimum atomic E-state index is 0.460. The molecule has 0 bridgehead atoms. The van der Waals surface area contributed by atoms with E-state index in [9.17, 15) is 0 Å². The molecule has 0 saturated carbocycles. The number of hydrogen-bond acceptors (Lipinski definition) is 3. The monoisotopic (exact) mass is 243 g/mol. The molecule has 1 saturated heterocycles. The largest absolute Gasteiger partial charge is 0.380 e. The second kappa shape index (κ2) is 5.23. The maximum Gasteiger partial charge on any atom is 0.0668 e. The van der Waals surface area contributed by atoms with Gasteiger partial charge in [-0.05, 0) is 30.2 Å². The first kappa shape index (κ1) is 11.3. The SMILES string of the molecule is c1cnn(Cc2ccc(NC3CCOC3)cc2)c1. The van der Waals surface area contributed by atoms with Crippen molar-refractivity contribution in [2.45, 2.75) is 19.0 Å². The summed E-state index contributed by atoms with van der Waals surface area (Å²) in [5.41, 5.74) is 2.42. The summed E-state index contributed by atoms with van der Waals surface area (Å²) in [6, 6.07) is 10.9. The highest BCUT2D eigenvalue weighted by Crippen LogP contribution is 2.15. The third kappa shape index (κ3) is 2.71. The minimum Gasteiger partial charge on any atom is -0.380 e. The molecular weight excluding hydrogens is 226 g/mol. The summed E-state index contributed by atoms with van der Waals surface area (Å²) in [6.07, 6.45) is 4.87. The van der Waals surface area contributed by atoms with E-state index >= 15 is 0 Å². The van der Waals surface area contributed by atoms with E-state index in [1.165, 1.54) is 5.56 Å². The molecule has 2 heterocycles. The normalized spacial score (nSPS) is 19.0. The molecule has 0 aliphatic carbocycles. The van der Waals surface area contributed by atoms with Crippen LogP contribution in [0.4, 0.5) is 5.69 Å². The van der Waals surface area contributed by atoms with Crippen LogP contribution in [0.1, 0.15) is 12.0 Å². The first-order chi connectivity index (χ1) is 8.90. The summed E-state index contributed by atoms with van der Waals surface area (Å²) in [6.45, 7) is 2.50. The Labute approximate surface area is 107 Å². The zero-order valence-electron chi connectivity index (χ0n) is 10.2. The van der Waals surface area contributed by atoms with Crippen molar-refractivity contribution in [2.24, 2.45) is 0 Å². The first-order valence-electron chi connectivity index (χ1n) is 6.31. The third-order valence-corrected chi connectivity index (χ3v) is 3.16. The summed E-state index contributed by atoms with van der Waals surface area (Å²) in [4.78, 5) is 0. The summed E-state index contributed by atoms with van der Waals surface area (Å²) < 4.78 is 7.27. The van der Waals surface area contributed by atoms with Gasteiger partial charge in [-0.25, -0.2) is 0 Å². The highest BCUT2D eigenvalue weighted by atomic mass is 16.5. The van der Waals surface area contributed by atoms with Crippen molar-refractivity contribution in [3.05, 3.63) is 48.3 Å². The molecule has 1 N–H and O–H groups in total. The smallest absolute Gasteiger partial charge is 0.0668 e. The van der Waals surface area contributed by atoms with E-state index in [0.717, 1.165) is 31.9 Å². The Bertz CT molecular complexity index is 472. The number of rotatable bonds is 4. The van der Waals surface area contributed by atoms with Crippen LogP contribution in [0.2, 0.25) is 0 Å². The van der Waals surface area contributed by atoms with Crippen LogP contribution in [0.3, 0.4) is 0 Å². The second-order valence-electron chi connectivity index (χ2n) is 4.61. The van der Waals surface area contributed by atoms with Gasteiger partial charge in [-0.3, -0.25) is 4.68 Å². The van der Waals surface area contributed by atoms with Crippen molar-refractivity contribution in [1.29, 1.82) is 0 Å². The van der Waals surface area contributed by atoms with E-state index in [4.69, 9.17) is 4.74 Å². The van der Waals surface area contributed by atoms with Crippen LogP contribution in [0.25, 0.3) is 0 Å². The van der Waals surface area contributed by atoms with Gasteiger partial charge in [-0.2, -0.15) is 5.10 Å². The summed E-state index contributed by atoms with van der Waals surface area (Å²) in [7, 11) is 0. The molecule has 94 valence electrons. The zero-order valence-corrected chi connectivity index (χ0v) is 10.2. The molecule has 4 heteroatoms. The molecule has 4 nitrogen and oxygen atoms in total. The maximum atomic E-state index is 5.35. The Morgan fingerprint density at radius 1 is 1.33 bits per heavy atom. The van der Waals surface area contributed by atoms with Gasteiger partial charge in [0, 0.05) is 24.7 Å². The topological polar surface area (TPSA) is 39.1 Å². The van der Waals surface area contributed by atoms with Gasteiger partial charge in [0.1, 0.15) is 0 Å². The van der Waals surface area contributed by atoms with Gasteiger partial charge in [0.25, 0.3) is 0 Å². The molecule has 0 spiro atoms. The number of benzene rings is 1. The Morgan fingerprint density at radius 2 is 2.22 bits per heavy atom. The lowest BCUT2D eigenvalue weighted by molar-refractivity contribution is 0.195. The third-order valence-electron chi connectivity index (χ3n) is 3.16. The van der Waals surface area contributed by atoms with E-state index in [1.807, 2.05) is 16.9 Å². The zero-order chi connectivity index (χ0) is 12.2. The number of anilines is 1. The number of nitrogens with one attached hydrogen (secondary N) is 1. The van der Waals surface area contributed by atoms with Crippen LogP contribution in [0.5, 0.6) is 0 Å². The Balaban J connectivity index is 1.61. The van der Waals surface area contributed by atoms with Crippen LogP contribution < -0.4 is 5.32 Å². The summed E-state index contributed by atoms with van der Waals surface area (Å²) in [5, 5.41) is 7.68. The average molecular weight is 243 g/mol. The molecule has 1 aliphatic heterocycles. The van der Waals surface area contributed by atoms with Gasteiger partial charge in [0.05, 0.1) is 19.2 Å². The number of hydrogen-bond donors (Lipinski definition) is 1. The standard InChI is InChI=1S/C14H17N3O/c1-7-15-17(8-1)10-12-2-4-13(5-3-12)16-14-6-9-18-11-14/h1-5,7-8,14,16H,6,9-11H2. The van der Waals surface area contributed by atoms with Crippen molar-refractivity contribution in [3.63, 3.8) is 0 Å². The van der Waals surface area contributed by atoms with Gasteiger partial charge < -0.3 is 10.1 Å². The fourth-order valence-electron chi connectivity index (χ4n) is 2.17. The van der Waals surface area contributed by atoms with Crippen LogP contribution in [0, 0.1) is 0 Å². The molecule has 1 unspecified atom stereocenters. The molecule has 1 fully saturated rings. The lowest BCUT2D eigenvalue weighted by Crippen LogP contribution is -2.18. The molecule has 1 aliphatic rings. The number of aromatic nitrogens is 2. The molecule has 1 aromatic heterocycles. The molecule has 18 heavy (non-hydrogen) atoms. The lowest BCUT2D eigenvalue weighted by atomic mass is 10.2. The fraction of sp³-hybridized carbons (Fsp3) is 0.357. The van der Waals surface area contributed by atoms with Crippen LogP contribution >= 0.6 is 0 Å². The van der Waals surface area contributed by atoms with Crippen molar-refractivity contribution in [1.82, 2.24) is 9.78 Å². The van der Waals surface area contributed by atoms with Crippen molar-refractivity contribution in [2.75, 3.05) is 18.5 Å². The Kier molecular flexibility index (Phi) is 3.28. The van der Waals surface area contributed by atoms with E-state index < -0.39 is 0 Å². The van der Waals surface area contributed by atoms with E-state index in [1.54, 1.807) is 6.20 Å². The van der Waals surface area contributed by atoms with Gasteiger partial charge in [0.2, 0.25) is 0 Å². The number of nitrogens with zero attached hydrogens (tertiary/aromatic N) is 2.